The lowest BCUT2D eigenvalue weighted by Gasteiger charge is -2.17. The van der Waals surface area contributed by atoms with E-state index in [0.717, 1.165) is 29.8 Å². The van der Waals surface area contributed by atoms with Gasteiger partial charge in [0.25, 0.3) is 0 Å². The van der Waals surface area contributed by atoms with Gasteiger partial charge in [-0.2, -0.15) is 0 Å². The summed E-state index contributed by atoms with van der Waals surface area (Å²) in [5.41, 5.74) is 8.45. The van der Waals surface area contributed by atoms with E-state index in [-0.39, 0.29) is 5.54 Å². The third-order valence-electron chi connectivity index (χ3n) is 2.85. The molecule has 0 atom stereocenters. The summed E-state index contributed by atoms with van der Waals surface area (Å²) in [6.07, 6.45) is 3.31. The molecule has 1 aromatic heterocycles. The molecule has 2 nitrogen and oxygen atoms in total. The summed E-state index contributed by atoms with van der Waals surface area (Å²) in [5, 5.41) is 1.14. The molecule has 3 heteroatoms. The molecule has 0 amide bonds. The van der Waals surface area contributed by atoms with Crippen LogP contribution in [-0.4, -0.2) is 10.5 Å². The summed E-state index contributed by atoms with van der Waals surface area (Å²) in [4.78, 5) is 4.47. The SMILES string of the molecule is Cc1nc2ccc(CCCC(C)(C)N)cc2s1. The Bertz CT molecular complexity index is 508. The van der Waals surface area contributed by atoms with Gasteiger partial charge in [0.05, 0.1) is 15.2 Å². The van der Waals surface area contributed by atoms with Crippen molar-refractivity contribution in [2.75, 3.05) is 0 Å². The zero-order valence-corrected chi connectivity index (χ0v) is 11.6. The van der Waals surface area contributed by atoms with Crippen molar-refractivity contribution in [1.29, 1.82) is 0 Å². The topological polar surface area (TPSA) is 38.9 Å². The van der Waals surface area contributed by atoms with E-state index in [1.54, 1.807) is 11.3 Å². The maximum absolute atomic E-state index is 5.99. The van der Waals surface area contributed by atoms with Gasteiger partial charge < -0.3 is 5.73 Å². The standard InChI is InChI=1S/C14H20N2S/c1-10-16-12-7-6-11(9-13(12)17-10)5-4-8-14(2,3)15/h6-7,9H,4-5,8,15H2,1-3H3. The predicted octanol–water partition coefficient (Wildman–Crippen LogP) is 3.66. The highest BCUT2D eigenvalue weighted by molar-refractivity contribution is 7.18. The molecule has 2 rings (SSSR count). The third kappa shape index (κ3) is 3.51. The van der Waals surface area contributed by atoms with Crippen LogP contribution in [0.2, 0.25) is 0 Å². The molecule has 17 heavy (non-hydrogen) atoms. The molecule has 0 radical (unpaired) electrons. The van der Waals surface area contributed by atoms with E-state index in [2.05, 4.69) is 44.0 Å². The van der Waals surface area contributed by atoms with E-state index in [0.29, 0.717) is 0 Å². The van der Waals surface area contributed by atoms with Crippen LogP contribution in [-0.2, 0) is 6.42 Å². The Balaban J connectivity index is 2.04. The second-order valence-corrected chi connectivity index (χ2v) is 6.61. The van der Waals surface area contributed by atoms with Crippen molar-refractivity contribution < 1.29 is 0 Å². The molecule has 0 aliphatic heterocycles. The molecule has 1 heterocycles. The lowest BCUT2D eigenvalue weighted by Crippen LogP contribution is -2.31. The van der Waals surface area contributed by atoms with Crippen LogP contribution >= 0.6 is 11.3 Å². The van der Waals surface area contributed by atoms with Crippen molar-refractivity contribution in [2.45, 2.75) is 45.6 Å². The van der Waals surface area contributed by atoms with Crippen molar-refractivity contribution in [1.82, 2.24) is 4.98 Å². The van der Waals surface area contributed by atoms with Crippen LogP contribution in [0, 0.1) is 6.92 Å². The fraction of sp³-hybridized carbons (Fsp3) is 0.500. The lowest BCUT2D eigenvalue weighted by atomic mass is 9.97. The van der Waals surface area contributed by atoms with E-state index >= 15 is 0 Å². The minimum atomic E-state index is -0.0504. The van der Waals surface area contributed by atoms with Crippen LogP contribution < -0.4 is 5.73 Å². The predicted molar refractivity (Wildman–Crippen MR) is 75.6 cm³/mol. The van der Waals surface area contributed by atoms with E-state index in [9.17, 15) is 0 Å². The summed E-state index contributed by atoms with van der Waals surface area (Å²) in [5.74, 6) is 0. The third-order valence-corrected chi connectivity index (χ3v) is 3.78. The van der Waals surface area contributed by atoms with Gasteiger partial charge in [-0.25, -0.2) is 4.98 Å². The Morgan fingerprint density at radius 2 is 2.12 bits per heavy atom. The molecule has 0 saturated carbocycles. The average Bonchev–Trinajstić information content (AvgIpc) is 2.55. The largest absolute Gasteiger partial charge is 0.326 e. The second kappa shape index (κ2) is 4.75. The average molecular weight is 248 g/mol. The monoisotopic (exact) mass is 248 g/mol. The Morgan fingerprint density at radius 1 is 1.35 bits per heavy atom. The number of aromatic nitrogens is 1. The number of hydrogen-bond acceptors (Lipinski definition) is 3. The van der Waals surface area contributed by atoms with Gasteiger partial charge in [-0.05, 0) is 57.7 Å². The van der Waals surface area contributed by atoms with Crippen LogP contribution in [0.1, 0.15) is 37.3 Å². The molecule has 0 fully saturated rings. The summed E-state index contributed by atoms with van der Waals surface area (Å²) < 4.78 is 1.30. The summed E-state index contributed by atoms with van der Waals surface area (Å²) >= 11 is 1.77. The van der Waals surface area contributed by atoms with Crippen LogP contribution in [0.25, 0.3) is 10.2 Å². The molecule has 92 valence electrons. The van der Waals surface area contributed by atoms with Gasteiger partial charge >= 0.3 is 0 Å². The van der Waals surface area contributed by atoms with Crippen molar-refractivity contribution in [2.24, 2.45) is 5.73 Å². The van der Waals surface area contributed by atoms with Gasteiger partial charge in [0.1, 0.15) is 0 Å². The summed E-state index contributed by atoms with van der Waals surface area (Å²) in [6.45, 7) is 6.23. The Morgan fingerprint density at radius 3 is 2.82 bits per heavy atom. The number of hydrogen-bond donors (Lipinski definition) is 1. The number of thiazole rings is 1. The van der Waals surface area contributed by atoms with Gasteiger partial charge in [-0.15, -0.1) is 11.3 Å². The van der Waals surface area contributed by atoms with Crippen LogP contribution in [0.5, 0.6) is 0 Å². The Labute approximate surface area is 107 Å². The van der Waals surface area contributed by atoms with Crippen molar-refractivity contribution >= 4 is 21.6 Å². The molecule has 1 aromatic carbocycles. The normalized spacial score (nSPS) is 12.2. The molecule has 0 aliphatic rings. The quantitative estimate of drug-likeness (QED) is 0.896. The first-order chi connectivity index (χ1) is 7.94. The molecule has 0 saturated heterocycles. The lowest BCUT2D eigenvalue weighted by molar-refractivity contribution is 0.459. The number of nitrogens with two attached hydrogens (primary N) is 1. The number of fused-ring (bicyclic) bond motifs is 1. The number of nitrogens with zero attached hydrogens (tertiary/aromatic N) is 1. The summed E-state index contributed by atoms with van der Waals surface area (Å²) in [7, 11) is 0. The van der Waals surface area contributed by atoms with E-state index in [1.807, 2.05) is 0 Å². The maximum Gasteiger partial charge on any atom is 0.0907 e. The fourth-order valence-electron chi connectivity index (χ4n) is 1.99. The van der Waals surface area contributed by atoms with E-state index in [4.69, 9.17) is 5.73 Å². The summed E-state index contributed by atoms with van der Waals surface area (Å²) in [6, 6.07) is 6.58. The maximum atomic E-state index is 5.99. The molecular formula is C14H20N2S. The highest BCUT2D eigenvalue weighted by Crippen LogP contribution is 2.23. The molecule has 0 bridgehead atoms. The van der Waals surface area contributed by atoms with Crippen LogP contribution in [0.4, 0.5) is 0 Å². The van der Waals surface area contributed by atoms with Crippen molar-refractivity contribution in [3.05, 3.63) is 28.8 Å². The first kappa shape index (κ1) is 12.5. The Kier molecular flexibility index (Phi) is 3.50. The zero-order valence-electron chi connectivity index (χ0n) is 10.8. The Hall–Kier alpha value is -0.930. The zero-order chi connectivity index (χ0) is 12.5. The minimum Gasteiger partial charge on any atom is -0.326 e. The molecular weight excluding hydrogens is 228 g/mol. The molecule has 0 unspecified atom stereocenters. The highest BCUT2D eigenvalue weighted by Gasteiger charge is 2.10. The van der Waals surface area contributed by atoms with E-state index < -0.39 is 0 Å². The molecule has 0 aliphatic carbocycles. The van der Waals surface area contributed by atoms with Gasteiger partial charge in [0, 0.05) is 5.54 Å². The smallest absolute Gasteiger partial charge is 0.0907 e. The van der Waals surface area contributed by atoms with Gasteiger partial charge in [-0.3, -0.25) is 0 Å². The molecule has 2 aromatic rings. The molecule has 0 spiro atoms. The highest BCUT2D eigenvalue weighted by atomic mass is 32.1. The van der Waals surface area contributed by atoms with Gasteiger partial charge in [0.2, 0.25) is 0 Å². The van der Waals surface area contributed by atoms with E-state index in [1.165, 1.54) is 10.3 Å². The fourth-order valence-corrected chi connectivity index (χ4v) is 2.88. The van der Waals surface area contributed by atoms with Gasteiger partial charge in [0.15, 0.2) is 0 Å². The minimum absolute atomic E-state index is 0.0504. The van der Waals surface area contributed by atoms with Crippen molar-refractivity contribution in [3.8, 4) is 0 Å². The molecule has 2 N–H and O–H groups in total. The first-order valence-corrected chi connectivity index (χ1v) is 6.91. The number of rotatable bonds is 4. The second-order valence-electron chi connectivity index (χ2n) is 5.38. The van der Waals surface area contributed by atoms with Gasteiger partial charge in [-0.1, -0.05) is 6.07 Å². The van der Waals surface area contributed by atoms with Crippen LogP contribution in [0.15, 0.2) is 18.2 Å². The number of aryl methyl sites for hydroxylation is 2. The van der Waals surface area contributed by atoms with Crippen molar-refractivity contribution in [3.63, 3.8) is 0 Å². The van der Waals surface area contributed by atoms with Crippen LogP contribution in [0.3, 0.4) is 0 Å². The first-order valence-electron chi connectivity index (χ1n) is 6.09. The number of benzene rings is 1.